The maximum Gasteiger partial charge on any atom is 0.265 e. The quantitative estimate of drug-likeness (QED) is 0.408. The molecule has 1 N–H and O–H groups in total. The van der Waals surface area contributed by atoms with Crippen LogP contribution in [0.1, 0.15) is 38.7 Å². The van der Waals surface area contributed by atoms with Gasteiger partial charge >= 0.3 is 0 Å². The second-order valence-electron chi connectivity index (χ2n) is 9.19. The van der Waals surface area contributed by atoms with Crippen LogP contribution in [0.2, 0.25) is 0 Å². The van der Waals surface area contributed by atoms with Crippen LogP contribution in [0.3, 0.4) is 0 Å². The zero-order valence-corrected chi connectivity index (χ0v) is 21.0. The number of pyridine rings is 1. The molecule has 186 valence electrons. The van der Waals surface area contributed by atoms with Crippen molar-refractivity contribution in [2.45, 2.75) is 31.4 Å². The van der Waals surface area contributed by atoms with Crippen molar-refractivity contribution in [3.8, 4) is 17.1 Å². The van der Waals surface area contributed by atoms with Gasteiger partial charge in [0.05, 0.1) is 17.8 Å². The Balaban J connectivity index is 1.57. The van der Waals surface area contributed by atoms with E-state index in [9.17, 15) is 13.2 Å². The Hall–Kier alpha value is -4.31. The molecular formula is C27H23N5O4S. The molecule has 0 unspecified atom stereocenters. The van der Waals surface area contributed by atoms with Crippen LogP contribution >= 0.6 is 0 Å². The van der Waals surface area contributed by atoms with Gasteiger partial charge in [0.15, 0.2) is 0 Å². The fourth-order valence-corrected chi connectivity index (χ4v) is 5.82. The molecule has 0 radical (unpaired) electrons. The van der Waals surface area contributed by atoms with Crippen LogP contribution < -0.4 is 9.46 Å². The summed E-state index contributed by atoms with van der Waals surface area (Å²) in [7, 11) is -4.14. The normalized spacial score (nSPS) is 17.8. The highest BCUT2D eigenvalue weighted by atomic mass is 32.2. The summed E-state index contributed by atoms with van der Waals surface area (Å²) in [4.78, 5) is 27.9. The molecule has 2 aliphatic heterocycles. The number of amides is 1. The summed E-state index contributed by atoms with van der Waals surface area (Å²) in [5.74, 6) is -0.267. The number of hydrogen-bond donors (Lipinski definition) is 1. The van der Waals surface area contributed by atoms with E-state index in [1.165, 1.54) is 18.5 Å². The Bertz CT molecular complexity index is 1650. The lowest BCUT2D eigenvalue weighted by atomic mass is 9.96. The predicted molar refractivity (Wildman–Crippen MR) is 137 cm³/mol. The number of hydrogen-bond acceptors (Lipinski definition) is 7. The van der Waals surface area contributed by atoms with Gasteiger partial charge in [-0.05, 0) is 42.2 Å². The molecule has 4 aromatic rings. The van der Waals surface area contributed by atoms with Gasteiger partial charge in [-0.25, -0.2) is 18.1 Å². The van der Waals surface area contributed by atoms with E-state index in [1.807, 2.05) is 56.3 Å². The van der Waals surface area contributed by atoms with Gasteiger partial charge < -0.3 is 9.64 Å². The Morgan fingerprint density at radius 2 is 1.78 bits per heavy atom. The second-order valence-corrected chi connectivity index (χ2v) is 10.9. The van der Waals surface area contributed by atoms with Gasteiger partial charge in [-0.1, -0.05) is 42.5 Å². The molecule has 6 bridgehead atoms. The maximum absolute atomic E-state index is 13.4. The van der Waals surface area contributed by atoms with Crippen molar-refractivity contribution >= 4 is 21.9 Å². The van der Waals surface area contributed by atoms with Crippen LogP contribution in [0.25, 0.3) is 11.3 Å². The number of rotatable bonds is 1. The van der Waals surface area contributed by atoms with Crippen LogP contribution in [0.5, 0.6) is 5.88 Å². The van der Waals surface area contributed by atoms with E-state index in [-0.39, 0.29) is 34.7 Å². The Kier molecular flexibility index (Phi) is 5.41. The number of carbonyl (C=O) groups excluding carboxylic acids is 1. The van der Waals surface area contributed by atoms with Gasteiger partial charge in [0.25, 0.3) is 15.9 Å². The van der Waals surface area contributed by atoms with Gasteiger partial charge in [0.1, 0.15) is 11.0 Å². The summed E-state index contributed by atoms with van der Waals surface area (Å²) in [5.41, 5.74) is 5.41. The zero-order chi connectivity index (χ0) is 25.7. The Labute approximate surface area is 214 Å². The first-order valence-electron chi connectivity index (χ1n) is 11.8. The maximum atomic E-state index is 13.4. The summed E-state index contributed by atoms with van der Waals surface area (Å²) in [6, 6.07) is 16.7. The van der Waals surface area contributed by atoms with E-state index >= 15 is 0 Å². The highest BCUT2D eigenvalue weighted by molar-refractivity contribution is 7.92. The molecule has 0 saturated heterocycles. The lowest BCUT2D eigenvalue weighted by molar-refractivity contribution is 0.0589. The first kappa shape index (κ1) is 23.1. The standard InChI is InChI=1S/C27H23N5O4S/c1-16-6-5-7-17(2)25(16)22-11-24-30-27(29-22)31-37(34,35)20-10-19(12-28-13-20)26(33)32-14-18-8-3-4-9-21(18)23(15-32)36-24/h3-13,23H,14-15H2,1-2H3,(H,29,30,31)/t23-/m1/s1. The average Bonchev–Trinajstić information content (AvgIpc) is 2.87. The molecule has 0 fully saturated rings. The molecule has 1 amide bonds. The molecule has 6 rings (SSSR count). The smallest absolute Gasteiger partial charge is 0.265 e. The van der Waals surface area contributed by atoms with Crippen LogP contribution in [-0.4, -0.2) is 40.7 Å². The van der Waals surface area contributed by atoms with E-state index in [2.05, 4.69) is 19.7 Å². The summed E-state index contributed by atoms with van der Waals surface area (Å²) in [5, 5.41) is 0. The molecule has 4 heterocycles. The minimum atomic E-state index is -4.14. The van der Waals surface area contributed by atoms with E-state index in [1.54, 1.807) is 11.0 Å². The molecule has 0 aliphatic carbocycles. The van der Waals surface area contributed by atoms with Crippen LogP contribution in [0.15, 0.2) is 71.9 Å². The summed E-state index contributed by atoms with van der Waals surface area (Å²) < 4.78 is 35.4. The summed E-state index contributed by atoms with van der Waals surface area (Å²) >= 11 is 0. The molecule has 9 nitrogen and oxygen atoms in total. The fraction of sp³-hybridized carbons (Fsp3) is 0.185. The third kappa shape index (κ3) is 4.19. The molecular weight excluding hydrogens is 490 g/mol. The molecule has 1 atom stereocenters. The largest absolute Gasteiger partial charge is 0.467 e. The number of anilines is 1. The number of fused-ring (bicyclic) bond motifs is 8. The summed E-state index contributed by atoms with van der Waals surface area (Å²) in [6.45, 7) is 4.57. The minimum absolute atomic E-state index is 0.132. The average molecular weight is 514 g/mol. The molecule has 2 aromatic heterocycles. The third-order valence-corrected chi connectivity index (χ3v) is 7.93. The van der Waals surface area contributed by atoms with Crippen molar-refractivity contribution in [1.29, 1.82) is 0 Å². The number of aryl methyl sites for hydroxylation is 2. The second kappa shape index (κ2) is 8.67. The number of nitrogens with one attached hydrogen (secondary N) is 1. The highest BCUT2D eigenvalue weighted by Crippen LogP contribution is 2.34. The number of carbonyl (C=O) groups is 1. The molecule has 2 aliphatic rings. The minimum Gasteiger partial charge on any atom is -0.467 e. The van der Waals surface area contributed by atoms with E-state index in [4.69, 9.17) is 4.74 Å². The topological polar surface area (TPSA) is 114 Å². The van der Waals surface area contributed by atoms with Crippen molar-refractivity contribution < 1.29 is 17.9 Å². The lowest BCUT2D eigenvalue weighted by Crippen LogP contribution is -2.40. The van der Waals surface area contributed by atoms with Crippen LogP contribution in [-0.2, 0) is 16.6 Å². The van der Waals surface area contributed by atoms with Crippen molar-refractivity contribution in [2.24, 2.45) is 0 Å². The predicted octanol–water partition coefficient (Wildman–Crippen LogP) is 4.05. The first-order chi connectivity index (χ1) is 17.8. The number of ether oxygens (including phenoxy) is 1. The molecule has 37 heavy (non-hydrogen) atoms. The van der Waals surface area contributed by atoms with Crippen molar-refractivity contribution in [3.63, 3.8) is 0 Å². The zero-order valence-electron chi connectivity index (χ0n) is 20.2. The molecule has 0 spiro atoms. The number of benzene rings is 2. The van der Waals surface area contributed by atoms with Crippen molar-refractivity contribution in [1.82, 2.24) is 19.9 Å². The van der Waals surface area contributed by atoms with Gasteiger partial charge in [0.2, 0.25) is 11.8 Å². The number of nitrogens with zero attached hydrogens (tertiary/aromatic N) is 4. The van der Waals surface area contributed by atoms with Gasteiger partial charge in [0, 0.05) is 30.6 Å². The van der Waals surface area contributed by atoms with Crippen molar-refractivity contribution in [2.75, 3.05) is 11.3 Å². The lowest BCUT2D eigenvalue weighted by Gasteiger charge is -2.34. The summed E-state index contributed by atoms with van der Waals surface area (Å²) in [6.07, 6.45) is 2.04. The van der Waals surface area contributed by atoms with Crippen LogP contribution in [0.4, 0.5) is 5.95 Å². The Morgan fingerprint density at radius 3 is 2.59 bits per heavy atom. The van der Waals surface area contributed by atoms with E-state index in [0.29, 0.717) is 12.2 Å². The van der Waals surface area contributed by atoms with Gasteiger partial charge in [-0.3, -0.25) is 9.78 Å². The monoisotopic (exact) mass is 513 g/mol. The molecule has 2 aromatic carbocycles. The SMILES string of the molecule is Cc1cccc(C)c1-c1cc2nc(n1)NS(=O)(=O)c1cncc(c1)C(=O)N1Cc3ccccc3[C@@H](C1)O2. The van der Waals surface area contributed by atoms with Crippen molar-refractivity contribution in [3.05, 3.63) is 94.8 Å². The highest BCUT2D eigenvalue weighted by Gasteiger charge is 2.32. The molecule has 0 saturated carbocycles. The molecule has 10 heteroatoms. The Morgan fingerprint density at radius 1 is 1.00 bits per heavy atom. The van der Waals surface area contributed by atoms with Crippen LogP contribution in [0, 0.1) is 13.8 Å². The van der Waals surface area contributed by atoms with E-state index < -0.39 is 16.1 Å². The van der Waals surface area contributed by atoms with Gasteiger partial charge in [-0.15, -0.1) is 0 Å². The first-order valence-corrected chi connectivity index (χ1v) is 13.2. The number of aromatic nitrogens is 3. The van der Waals surface area contributed by atoms with Gasteiger partial charge in [-0.2, -0.15) is 4.98 Å². The third-order valence-electron chi connectivity index (χ3n) is 6.64. The fourth-order valence-electron chi connectivity index (χ4n) is 4.88. The van der Waals surface area contributed by atoms with E-state index in [0.717, 1.165) is 27.8 Å². The number of sulfonamides is 1.